The van der Waals surface area contributed by atoms with Crippen molar-refractivity contribution in [2.45, 2.75) is 38.6 Å². The highest BCUT2D eigenvalue weighted by atomic mass is 16.4. The van der Waals surface area contributed by atoms with Gasteiger partial charge in [-0.3, -0.25) is 9.48 Å². The normalized spacial score (nSPS) is 15.6. The lowest BCUT2D eigenvalue weighted by Crippen LogP contribution is -2.39. The van der Waals surface area contributed by atoms with Crippen LogP contribution < -0.4 is 0 Å². The molecule has 2 aromatic heterocycles. The molecule has 0 spiro atoms. The van der Waals surface area contributed by atoms with Gasteiger partial charge in [-0.25, -0.2) is 4.79 Å². The second-order valence-corrected chi connectivity index (χ2v) is 6.05. The number of aromatic nitrogens is 2. The second-order valence-electron chi connectivity index (χ2n) is 6.05. The molecule has 2 aromatic rings. The third-order valence-electron chi connectivity index (χ3n) is 4.43. The van der Waals surface area contributed by atoms with Crippen LogP contribution >= 0.6 is 0 Å². The number of amides is 1. The van der Waals surface area contributed by atoms with Crippen LogP contribution in [0, 0.1) is 0 Å². The summed E-state index contributed by atoms with van der Waals surface area (Å²) in [7, 11) is 0. The van der Waals surface area contributed by atoms with Gasteiger partial charge < -0.3 is 14.4 Å². The maximum atomic E-state index is 12.7. The van der Waals surface area contributed by atoms with E-state index in [4.69, 9.17) is 9.52 Å². The van der Waals surface area contributed by atoms with Crippen LogP contribution in [-0.2, 0) is 6.42 Å². The molecular formula is C17H21N3O4. The molecule has 1 saturated heterocycles. The highest BCUT2D eigenvalue weighted by Crippen LogP contribution is 2.24. The van der Waals surface area contributed by atoms with Crippen LogP contribution in [0.5, 0.6) is 0 Å². The van der Waals surface area contributed by atoms with Crippen molar-refractivity contribution in [2.75, 3.05) is 13.1 Å². The zero-order chi connectivity index (χ0) is 17.1. The summed E-state index contributed by atoms with van der Waals surface area (Å²) < 4.78 is 7.12. The summed E-state index contributed by atoms with van der Waals surface area (Å²) in [4.78, 5) is 25.4. The molecule has 0 saturated carbocycles. The Morgan fingerprint density at radius 2 is 2.12 bits per heavy atom. The van der Waals surface area contributed by atoms with E-state index in [1.807, 2.05) is 4.90 Å². The lowest BCUT2D eigenvalue weighted by Gasteiger charge is -2.32. The summed E-state index contributed by atoms with van der Waals surface area (Å²) in [5.41, 5.74) is 0.846. The van der Waals surface area contributed by atoms with Crippen molar-refractivity contribution in [1.82, 2.24) is 14.7 Å². The van der Waals surface area contributed by atoms with Gasteiger partial charge in [0.1, 0.15) is 5.76 Å². The molecule has 0 aromatic carbocycles. The number of carbonyl (C=O) groups is 2. The Balaban J connectivity index is 1.62. The maximum absolute atomic E-state index is 12.7. The van der Waals surface area contributed by atoms with Gasteiger partial charge in [0.05, 0.1) is 29.6 Å². The predicted molar refractivity (Wildman–Crippen MR) is 86.1 cm³/mol. The first-order chi connectivity index (χ1) is 11.6. The van der Waals surface area contributed by atoms with Gasteiger partial charge in [-0.15, -0.1) is 0 Å². The van der Waals surface area contributed by atoms with E-state index in [0.29, 0.717) is 18.7 Å². The third-order valence-corrected chi connectivity index (χ3v) is 4.43. The summed E-state index contributed by atoms with van der Waals surface area (Å²) in [5.74, 6) is -0.211. The molecule has 3 rings (SSSR count). The van der Waals surface area contributed by atoms with Gasteiger partial charge >= 0.3 is 5.97 Å². The van der Waals surface area contributed by atoms with Gasteiger partial charge in [-0.2, -0.15) is 5.10 Å². The smallest absolute Gasteiger partial charge is 0.338 e. The van der Waals surface area contributed by atoms with Crippen molar-refractivity contribution in [3.05, 3.63) is 41.6 Å². The molecular weight excluding hydrogens is 310 g/mol. The van der Waals surface area contributed by atoms with Crippen LogP contribution in [0.4, 0.5) is 0 Å². The molecule has 0 aliphatic carbocycles. The molecule has 1 fully saturated rings. The SMILES string of the molecule is CCCc1occc1C(=O)N1CCC(n2cc(C(=O)O)cn2)CC1. The van der Waals surface area contributed by atoms with Crippen LogP contribution in [0.2, 0.25) is 0 Å². The lowest BCUT2D eigenvalue weighted by atomic mass is 10.0. The Morgan fingerprint density at radius 3 is 2.75 bits per heavy atom. The van der Waals surface area contributed by atoms with E-state index in [0.717, 1.165) is 31.4 Å². The van der Waals surface area contributed by atoms with E-state index in [1.165, 1.54) is 6.20 Å². The number of rotatable bonds is 5. The van der Waals surface area contributed by atoms with Crippen LogP contribution in [0.1, 0.15) is 58.7 Å². The van der Waals surface area contributed by atoms with E-state index in [2.05, 4.69) is 12.0 Å². The summed E-state index contributed by atoms with van der Waals surface area (Å²) in [6.07, 6.45) is 7.70. The standard InChI is InChI=1S/C17H21N3O4/c1-2-3-15-14(6-9-24-15)16(21)19-7-4-13(5-8-19)20-11-12(10-18-20)17(22)23/h6,9-11,13H,2-5,7-8H2,1H3,(H,22,23). The number of carboxylic acids is 1. The van der Waals surface area contributed by atoms with E-state index >= 15 is 0 Å². The predicted octanol–water partition coefficient (Wildman–Crippen LogP) is 2.60. The van der Waals surface area contributed by atoms with E-state index < -0.39 is 5.97 Å². The second kappa shape index (κ2) is 6.90. The van der Waals surface area contributed by atoms with Gasteiger partial charge in [-0.05, 0) is 25.3 Å². The van der Waals surface area contributed by atoms with Crippen molar-refractivity contribution in [3.63, 3.8) is 0 Å². The zero-order valence-electron chi connectivity index (χ0n) is 13.6. The minimum atomic E-state index is -0.975. The molecule has 1 N–H and O–H groups in total. The quantitative estimate of drug-likeness (QED) is 0.910. The van der Waals surface area contributed by atoms with E-state index in [-0.39, 0.29) is 17.5 Å². The van der Waals surface area contributed by atoms with Crippen LogP contribution in [0.15, 0.2) is 29.1 Å². The molecule has 0 bridgehead atoms. The first-order valence-electron chi connectivity index (χ1n) is 8.23. The van der Waals surface area contributed by atoms with E-state index in [1.54, 1.807) is 23.2 Å². The van der Waals surface area contributed by atoms with E-state index in [9.17, 15) is 9.59 Å². The largest absolute Gasteiger partial charge is 0.478 e. The topological polar surface area (TPSA) is 88.6 Å². The third kappa shape index (κ3) is 3.20. The fourth-order valence-corrected chi connectivity index (χ4v) is 3.10. The van der Waals surface area contributed by atoms with Crippen LogP contribution in [0.25, 0.3) is 0 Å². The Bertz CT molecular complexity index is 726. The summed E-state index contributed by atoms with van der Waals surface area (Å²) >= 11 is 0. The molecule has 0 atom stereocenters. The number of hydrogen-bond donors (Lipinski definition) is 1. The van der Waals surface area contributed by atoms with Gasteiger partial charge in [0.25, 0.3) is 5.91 Å². The minimum absolute atomic E-state index is 0.0114. The Labute approximate surface area is 139 Å². The van der Waals surface area contributed by atoms with Crippen molar-refractivity contribution in [2.24, 2.45) is 0 Å². The number of aryl methyl sites for hydroxylation is 1. The summed E-state index contributed by atoms with van der Waals surface area (Å²) in [6.45, 7) is 3.31. The van der Waals surface area contributed by atoms with Crippen molar-refractivity contribution < 1.29 is 19.1 Å². The Morgan fingerprint density at radius 1 is 1.38 bits per heavy atom. The molecule has 7 nitrogen and oxygen atoms in total. The molecule has 1 aliphatic heterocycles. The van der Waals surface area contributed by atoms with Crippen molar-refractivity contribution in [1.29, 1.82) is 0 Å². The number of aromatic carboxylic acids is 1. The molecule has 24 heavy (non-hydrogen) atoms. The monoisotopic (exact) mass is 331 g/mol. The Hall–Kier alpha value is -2.57. The number of hydrogen-bond acceptors (Lipinski definition) is 4. The number of nitrogens with zero attached hydrogens (tertiary/aromatic N) is 3. The average molecular weight is 331 g/mol. The van der Waals surface area contributed by atoms with Crippen molar-refractivity contribution >= 4 is 11.9 Å². The van der Waals surface area contributed by atoms with Gasteiger partial charge in [-0.1, -0.05) is 6.92 Å². The van der Waals surface area contributed by atoms with Crippen LogP contribution in [-0.4, -0.2) is 44.8 Å². The number of likely N-dealkylation sites (tertiary alicyclic amines) is 1. The zero-order valence-corrected chi connectivity index (χ0v) is 13.6. The molecule has 0 unspecified atom stereocenters. The van der Waals surface area contributed by atoms with Crippen LogP contribution in [0.3, 0.4) is 0 Å². The molecule has 128 valence electrons. The first-order valence-corrected chi connectivity index (χ1v) is 8.23. The minimum Gasteiger partial charge on any atom is -0.478 e. The number of carbonyl (C=O) groups excluding carboxylic acids is 1. The molecule has 3 heterocycles. The highest BCUT2D eigenvalue weighted by molar-refractivity contribution is 5.95. The number of furan rings is 1. The molecule has 0 radical (unpaired) electrons. The Kier molecular flexibility index (Phi) is 4.69. The lowest BCUT2D eigenvalue weighted by molar-refractivity contribution is 0.0686. The first kappa shape index (κ1) is 16.3. The summed E-state index contributed by atoms with van der Waals surface area (Å²) in [5, 5.41) is 13.1. The number of piperidine rings is 1. The fourth-order valence-electron chi connectivity index (χ4n) is 3.10. The summed E-state index contributed by atoms with van der Waals surface area (Å²) in [6, 6.07) is 1.87. The molecule has 1 amide bonds. The van der Waals surface area contributed by atoms with Gasteiger partial charge in [0.15, 0.2) is 0 Å². The molecule has 7 heteroatoms. The maximum Gasteiger partial charge on any atom is 0.338 e. The van der Waals surface area contributed by atoms with Gasteiger partial charge in [0.2, 0.25) is 0 Å². The van der Waals surface area contributed by atoms with Crippen molar-refractivity contribution in [3.8, 4) is 0 Å². The fraction of sp³-hybridized carbons (Fsp3) is 0.471. The molecule has 1 aliphatic rings. The highest BCUT2D eigenvalue weighted by Gasteiger charge is 2.27. The van der Waals surface area contributed by atoms with Gasteiger partial charge in [0, 0.05) is 25.7 Å². The number of carboxylic acid groups (broad SMARTS) is 1. The average Bonchev–Trinajstić information content (AvgIpc) is 3.24.